The normalized spacial score (nSPS) is 25.0. The van der Waals surface area contributed by atoms with Gasteiger partial charge in [0.1, 0.15) is 0 Å². The number of amides is 1. The average Bonchev–Trinajstić information content (AvgIpc) is 3.40. The largest absolute Gasteiger partial charge is 0.326 e. The molecule has 2 bridgehead atoms. The van der Waals surface area contributed by atoms with Crippen LogP contribution in [0.15, 0.2) is 46.0 Å². The second kappa shape index (κ2) is 7.97. The molecule has 4 rings (SSSR count). The van der Waals surface area contributed by atoms with E-state index in [-0.39, 0.29) is 16.8 Å². The Kier molecular flexibility index (Phi) is 5.58. The zero-order valence-corrected chi connectivity index (χ0v) is 17.6. The van der Waals surface area contributed by atoms with E-state index in [9.17, 15) is 13.2 Å². The lowest BCUT2D eigenvalue weighted by Gasteiger charge is -2.28. The number of rotatable bonds is 7. The van der Waals surface area contributed by atoms with Crippen molar-refractivity contribution in [2.75, 3.05) is 5.32 Å². The molecule has 2 aliphatic rings. The molecule has 0 saturated heterocycles. The summed E-state index contributed by atoms with van der Waals surface area (Å²) in [5, 5.41) is 6.69. The molecule has 2 aromatic rings. The van der Waals surface area contributed by atoms with E-state index in [1.54, 1.807) is 35.6 Å². The number of fused-ring (bicyclic) bond motifs is 2. The molecule has 2 N–H and O–H groups in total. The van der Waals surface area contributed by atoms with E-state index in [0.717, 1.165) is 17.9 Å². The molecule has 28 heavy (non-hydrogen) atoms. The van der Waals surface area contributed by atoms with Gasteiger partial charge in [0.25, 0.3) is 0 Å². The minimum atomic E-state index is -3.56. The van der Waals surface area contributed by atoms with Gasteiger partial charge < -0.3 is 5.32 Å². The van der Waals surface area contributed by atoms with Crippen LogP contribution in [0.5, 0.6) is 0 Å². The lowest BCUT2D eigenvalue weighted by atomic mass is 9.84. The van der Waals surface area contributed by atoms with Crippen LogP contribution in [0.1, 0.15) is 38.2 Å². The second-order valence-corrected chi connectivity index (χ2v) is 10.6. The van der Waals surface area contributed by atoms with Crippen LogP contribution in [0.2, 0.25) is 0 Å². The fourth-order valence-corrected chi connectivity index (χ4v) is 6.77. The van der Waals surface area contributed by atoms with Crippen molar-refractivity contribution >= 4 is 33.0 Å². The summed E-state index contributed by atoms with van der Waals surface area (Å²) >= 11 is 1.56. The maximum atomic E-state index is 12.8. The highest BCUT2D eigenvalue weighted by molar-refractivity contribution is 7.89. The summed E-state index contributed by atoms with van der Waals surface area (Å²) in [5.74, 6) is 1.80. The van der Waals surface area contributed by atoms with Crippen LogP contribution < -0.4 is 10.0 Å². The Balaban J connectivity index is 1.36. The van der Waals surface area contributed by atoms with Crippen molar-refractivity contribution in [1.29, 1.82) is 0 Å². The smallest absolute Gasteiger partial charge is 0.240 e. The molecule has 1 heterocycles. The van der Waals surface area contributed by atoms with Crippen LogP contribution in [-0.4, -0.2) is 20.4 Å². The maximum absolute atomic E-state index is 12.8. The van der Waals surface area contributed by atoms with Gasteiger partial charge in [-0.25, -0.2) is 13.1 Å². The molecule has 1 aromatic heterocycles. The van der Waals surface area contributed by atoms with Gasteiger partial charge in [0.2, 0.25) is 15.9 Å². The van der Waals surface area contributed by atoms with Crippen LogP contribution in [0.3, 0.4) is 0 Å². The summed E-state index contributed by atoms with van der Waals surface area (Å²) in [6.07, 6.45) is 5.26. The zero-order chi connectivity index (χ0) is 19.7. The van der Waals surface area contributed by atoms with Gasteiger partial charge in [-0.1, -0.05) is 6.42 Å². The number of carbonyl (C=O) groups is 1. The standard InChI is InChI=1S/C21H26N2O3S2/c1-14(20-11-15-2-3-17(20)10-15)23-28(25,26)19-6-4-18(5-7-19)22-21(24)12-16-8-9-27-13-16/h4-9,13-15,17,20,23H,2-3,10-12H2,1H3,(H,22,24)/t14-,15+,17+,20-/m1/s1. The number of benzene rings is 1. The molecule has 1 amide bonds. The number of sulfonamides is 1. The van der Waals surface area contributed by atoms with Gasteiger partial charge in [-0.2, -0.15) is 11.3 Å². The van der Waals surface area contributed by atoms with Crippen molar-refractivity contribution in [3.63, 3.8) is 0 Å². The first kappa shape index (κ1) is 19.6. The number of hydrogen-bond donors (Lipinski definition) is 2. The molecular formula is C21H26N2O3S2. The van der Waals surface area contributed by atoms with Crippen molar-refractivity contribution < 1.29 is 13.2 Å². The lowest BCUT2D eigenvalue weighted by Crippen LogP contribution is -2.40. The van der Waals surface area contributed by atoms with Crippen LogP contribution >= 0.6 is 11.3 Å². The van der Waals surface area contributed by atoms with Gasteiger partial charge in [0.15, 0.2) is 0 Å². The molecule has 4 atom stereocenters. The molecule has 0 unspecified atom stereocenters. The first-order valence-electron chi connectivity index (χ1n) is 9.84. The van der Waals surface area contributed by atoms with Crippen LogP contribution in [-0.2, 0) is 21.2 Å². The monoisotopic (exact) mass is 418 g/mol. The van der Waals surface area contributed by atoms with E-state index >= 15 is 0 Å². The summed E-state index contributed by atoms with van der Waals surface area (Å²) in [6.45, 7) is 1.99. The SMILES string of the molecule is C[C@@H](NS(=O)(=O)c1ccc(NC(=O)Cc2ccsc2)cc1)[C@H]1C[C@H]2CC[C@H]1C2. The fraction of sp³-hybridized carbons (Fsp3) is 0.476. The topological polar surface area (TPSA) is 75.3 Å². The highest BCUT2D eigenvalue weighted by atomic mass is 32.2. The molecule has 2 aliphatic carbocycles. The number of hydrogen-bond acceptors (Lipinski definition) is 4. The summed E-state index contributed by atoms with van der Waals surface area (Å²) in [4.78, 5) is 12.3. The number of carbonyl (C=O) groups excluding carboxylic acids is 1. The third-order valence-electron chi connectivity index (χ3n) is 6.17. The fourth-order valence-electron chi connectivity index (χ4n) is 4.81. The van der Waals surface area contributed by atoms with Gasteiger partial charge in [-0.05, 0) is 90.6 Å². The lowest BCUT2D eigenvalue weighted by molar-refractivity contribution is -0.115. The van der Waals surface area contributed by atoms with Gasteiger partial charge in [0.05, 0.1) is 11.3 Å². The second-order valence-electron chi connectivity index (χ2n) is 8.13. The van der Waals surface area contributed by atoms with Crippen LogP contribution in [0.4, 0.5) is 5.69 Å². The predicted molar refractivity (Wildman–Crippen MR) is 112 cm³/mol. The Morgan fingerprint density at radius 3 is 2.57 bits per heavy atom. The third kappa shape index (κ3) is 4.31. The van der Waals surface area contributed by atoms with E-state index in [1.807, 2.05) is 23.8 Å². The highest BCUT2D eigenvalue weighted by Crippen LogP contribution is 2.49. The first-order valence-corrected chi connectivity index (χ1v) is 12.3. The Hall–Kier alpha value is -1.70. The quantitative estimate of drug-likeness (QED) is 0.713. The van der Waals surface area contributed by atoms with E-state index in [0.29, 0.717) is 23.9 Å². The van der Waals surface area contributed by atoms with Gasteiger partial charge in [-0.3, -0.25) is 4.79 Å². The minimum Gasteiger partial charge on any atom is -0.326 e. The zero-order valence-electron chi connectivity index (χ0n) is 15.9. The Bertz CT molecular complexity index is 923. The highest BCUT2D eigenvalue weighted by Gasteiger charge is 2.42. The first-order chi connectivity index (χ1) is 13.4. The summed E-state index contributed by atoms with van der Waals surface area (Å²) in [6, 6.07) is 8.25. The van der Waals surface area contributed by atoms with Gasteiger partial charge >= 0.3 is 0 Å². The Morgan fingerprint density at radius 2 is 1.96 bits per heavy atom. The molecule has 150 valence electrons. The Labute approximate surface area is 170 Å². The van der Waals surface area contributed by atoms with Crippen LogP contribution in [0.25, 0.3) is 0 Å². The number of anilines is 1. The minimum absolute atomic E-state index is 0.0507. The Morgan fingerprint density at radius 1 is 1.18 bits per heavy atom. The van der Waals surface area contributed by atoms with E-state index in [4.69, 9.17) is 0 Å². The van der Waals surface area contributed by atoms with Crippen molar-refractivity contribution in [2.45, 2.75) is 50.0 Å². The van der Waals surface area contributed by atoms with Gasteiger partial charge in [0, 0.05) is 11.7 Å². The molecule has 7 heteroatoms. The van der Waals surface area contributed by atoms with Crippen molar-refractivity contribution in [1.82, 2.24) is 4.72 Å². The van der Waals surface area contributed by atoms with E-state index in [2.05, 4.69) is 10.0 Å². The van der Waals surface area contributed by atoms with Gasteiger partial charge in [-0.15, -0.1) is 0 Å². The third-order valence-corrected chi connectivity index (χ3v) is 8.48. The van der Waals surface area contributed by atoms with Crippen molar-refractivity contribution in [2.24, 2.45) is 17.8 Å². The predicted octanol–water partition coefficient (Wildman–Crippen LogP) is 4.03. The number of thiophene rings is 1. The molecule has 2 fully saturated rings. The molecule has 0 aliphatic heterocycles. The molecule has 2 saturated carbocycles. The van der Waals surface area contributed by atoms with Crippen LogP contribution in [0, 0.1) is 17.8 Å². The molecular weight excluding hydrogens is 392 g/mol. The molecule has 5 nitrogen and oxygen atoms in total. The summed E-state index contributed by atoms with van der Waals surface area (Å²) < 4.78 is 28.4. The van der Waals surface area contributed by atoms with E-state index in [1.165, 1.54) is 19.3 Å². The maximum Gasteiger partial charge on any atom is 0.240 e. The summed E-state index contributed by atoms with van der Waals surface area (Å²) in [7, 11) is -3.56. The van der Waals surface area contributed by atoms with Crippen molar-refractivity contribution in [3.05, 3.63) is 46.7 Å². The van der Waals surface area contributed by atoms with E-state index < -0.39 is 10.0 Å². The average molecular weight is 419 g/mol. The molecule has 0 radical (unpaired) electrons. The number of nitrogens with one attached hydrogen (secondary N) is 2. The summed E-state index contributed by atoms with van der Waals surface area (Å²) in [5.41, 5.74) is 1.57. The molecule has 0 spiro atoms. The van der Waals surface area contributed by atoms with Crippen molar-refractivity contribution in [3.8, 4) is 0 Å². The molecule has 1 aromatic carbocycles.